The van der Waals surface area contributed by atoms with Crippen LogP contribution in [0, 0.1) is 6.92 Å². The first-order valence-electron chi connectivity index (χ1n) is 6.43. The summed E-state index contributed by atoms with van der Waals surface area (Å²) >= 11 is 3.90. The van der Waals surface area contributed by atoms with Crippen molar-refractivity contribution in [3.05, 3.63) is 21.9 Å². The molecule has 1 saturated carbocycles. The van der Waals surface area contributed by atoms with Crippen molar-refractivity contribution in [3.63, 3.8) is 0 Å². The maximum atomic E-state index is 5.69. The second kappa shape index (κ2) is 6.78. The predicted octanol–water partition coefficient (Wildman–Crippen LogP) is 3.63. The fraction of sp³-hybridized carbons (Fsp3) is 0.692. The van der Waals surface area contributed by atoms with E-state index in [0.29, 0.717) is 6.04 Å². The van der Waals surface area contributed by atoms with Gasteiger partial charge in [0.1, 0.15) is 0 Å². The Hall–Kier alpha value is -0.0300. The molecule has 3 N–H and O–H groups in total. The van der Waals surface area contributed by atoms with Crippen LogP contribution in [0.3, 0.4) is 0 Å². The Morgan fingerprint density at radius 3 is 2.82 bits per heavy atom. The Morgan fingerprint density at radius 2 is 2.24 bits per heavy atom. The summed E-state index contributed by atoms with van der Waals surface area (Å²) in [5, 5.41) is 3.01. The van der Waals surface area contributed by atoms with Crippen molar-refractivity contribution in [3.8, 4) is 0 Å². The first-order chi connectivity index (χ1) is 8.31. The zero-order chi connectivity index (χ0) is 12.1. The summed E-state index contributed by atoms with van der Waals surface area (Å²) < 4.78 is 0. The molecule has 1 aromatic rings. The summed E-state index contributed by atoms with van der Waals surface area (Å²) in [6.07, 6.45) is 7.04. The lowest BCUT2D eigenvalue weighted by molar-refractivity contribution is 0.514. The van der Waals surface area contributed by atoms with Gasteiger partial charge in [-0.15, -0.1) is 11.3 Å². The Bertz CT molecular complexity index is 332. The van der Waals surface area contributed by atoms with Crippen molar-refractivity contribution in [1.82, 2.24) is 5.43 Å². The average Bonchev–Trinajstić information content (AvgIpc) is 2.78. The van der Waals surface area contributed by atoms with Gasteiger partial charge in [0.25, 0.3) is 0 Å². The van der Waals surface area contributed by atoms with E-state index in [1.807, 2.05) is 0 Å². The van der Waals surface area contributed by atoms with Crippen molar-refractivity contribution >= 4 is 23.1 Å². The molecule has 96 valence electrons. The Kier molecular flexibility index (Phi) is 5.35. The van der Waals surface area contributed by atoms with Crippen LogP contribution < -0.4 is 11.3 Å². The van der Waals surface area contributed by atoms with Gasteiger partial charge in [-0.05, 0) is 36.8 Å². The lowest BCUT2D eigenvalue weighted by atomic mass is 10.0. The maximum absolute atomic E-state index is 5.69. The van der Waals surface area contributed by atoms with Gasteiger partial charge in [0.2, 0.25) is 0 Å². The van der Waals surface area contributed by atoms with Crippen LogP contribution >= 0.6 is 23.1 Å². The molecule has 1 aliphatic rings. The summed E-state index contributed by atoms with van der Waals surface area (Å²) in [5.74, 6) is 6.79. The largest absolute Gasteiger partial charge is 0.271 e. The van der Waals surface area contributed by atoms with Crippen LogP contribution in [0.1, 0.15) is 48.6 Å². The molecule has 1 aromatic heterocycles. The van der Waals surface area contributed by atoms with Crippen LogP contribution in [0.25, 0.3) is 0 Å². The predicted molar refractivity (Wildman–Crippen MR) is 78.5 cm³/mol. The van der Waals surface area contributed by atoms with Gasteiger partial charge in [0, 0.05) is 15.9 Å². The number of thioether (sulfide) groups is 1. The lowest BCUT2D eigenvalue weighted by Gasteiger charge is -2.23. The molecule has 0 bridgehead atoms. The van der Waals surface area contributed by atoms with E-state index in [2.05, 4.69) is 35.6 Å². The quantitative estimate of drug-likeness (QED) is 0.634. The fourth-order valence-electron chi connectivity index (χ4n) is 2.45. The molecule has 2 nitrogen and oxygen atoms in total. The highest BCUT2D eigenvalue weighted by Gasteiger charge is 2.18. The van der Waals surface area contributed by atoms with E-state index in [-0.39, 0.29) is 0 Å². The van der Waals surface area contributed by atoms with Gasteiger partial charge in [-0.2, -0.15) is 11.8 Å². The minimum Gasteiger partial charge on any atom is -0.271 e. The van der Waals surface area contributed by atoms with E-state index >= 15 is 0 Å². The zero-order valence-corrected chi connectivity index (χ0v) is 12.1. The summed E-state index contributed by atoms with van der Waals surface area (Å²) in [6, 6.07) is 2.51. The van der Waals surface area contributed by atoms with E-state index < -0.39 is 0 Å². The van der Waals surface area contributed by atoms with Crippen LogP contribution in [0.2, 0.25) is 0 Å². The molecule has 1 atom stereocenters. The van der Waals surface area contributed by atoms with Crippen LogP contribution in [0.15, 0.2) is 11.4 Å². The third kappa shape index (κ3) is 3.71. The number of rotatable bonds is 5. The van der Waals surface area contributed by atoms with Gasteiger partial charge in [-0.1, -0.05) is 19.3 Å². The molecule has 1 heterocycles. The van der Waals surface area contributed by atoms with Crippen molar-refractivity contribution in [2.45, 2.75) is 50.3 Å². The third-order valence-corrected chi connectivity index (χ3v) is 5.86. The Labute approximate surface area is 112 Å². The molecular weight excluding hydrogens is 248 g/mol. The standard InChI is InChI=1S/C13H22N2S2/c1-10-12(7-8-16-10)13(15-14)9-17-11-5-3-2-4-6-11/h7-8,11,13,15H,2-6,9,14H2,1H3. The smallest absolute Gasteiger partial charge is 0.0561 e. The molecule has 17 heavy (non-hydrogen) atoms. The molecule has 1 aliphatic carbocycles. The maximum Gasteiger partial charge on any atom is 0.0561 e. The SMILES string of the molecule is Cc1sccc1C(CSC1CCCCC1)NN. The molecule has 1 fully saturated rings. The summed E-state index contributed by atoms with van der Waals surface area (Å²) in [7, 11) is 0. The molecule has 4 heteroatoms. The number of nitrogens with two attached hydrogens (primary N) is 1. The first kappa shape index (κ1) is 13.4. The van der Waals surface area contributed by atoms with E-state index in [0.717, 1.165) is 11.0 Å². The average molecular weight is 270 g/mol. The highest BCUT2D eigenvalue weighted by molar-refractivity contribution is 7.99. The second-order valence-corrected chi connectivity index (χ2v) is 7.20. The Morgan fingerprint density at radius 1 is 1.47 bits per heavy atom. The molecule has 0 saturated heterocycles. The van der Waals surface area contributed by atoms with E-state index in [1.165, 1.54) is 42.5 Å². The monoisotopic (exact) mass is 270 g/mol. The van der Waals surface area contributed by atoms with Gasteiger partial charge >= 0.3 is 0 Å². The highest BCUT2D eigenvalue weighted by atomic mass is 32.2. The molecule has 0 spiro atoms. The second-order valence-electron chi connectivity index (χ2n) is 4.74. The van der Waals surface area contributed by atoms with Gasteiger partial charge in [0.05, 0.1) is 6.04 Å². The van der Waals surface area contributed by atoms with E-state index in [9.17, 15) is 0 Å². The van der Waals surface area contributed by atoms with Crippen molar-refractivity contribution < 1.29 is 0 Å². The molecule has 0 aromatic carbocycles. The zero-order valence-electron chi connectivity index (χ0n) is 10.4. The fourth-order valence-corrected chi connectivity index (χ4v) is 4.62. The van der Waals surface area contributed by atoms with Crippen LogP contribution in [-0.2, 0) is 0 Å². The topological polar surface area (TPSA) is 38.0 Å². The van der Waals surface area contributed by atoms with Crippen molar-refractivity contribution in [1.29, 1.82) is 0 Å². The summed E-state index contributed by atoms with van der Waals surface area (Å²) in [6.45, 7) is 2.18. The number of aryl methyl sites for hydroxylation is 1. The molecule has 0 amide bonds. The van der Waals surface area contributed by atoms with Crippen LogP contribution in [0.4, 0.5) is 0 Å². The summed E-state index contributed by atoms with van der Waals surface area (Å²) in [5.41, 5.74) is 4.35. The molecular formula is C13H22N2S2. The van der Waals surface area contributed by atoms with Gasteiger partial charge in [0.15, 0.2) is 0 Å². The summed E-state index contributed by atoms with van der Waals surface area (Å²) in [4.78, 5) is 1.39. The Balaban J connectivity index is 1.85. The number of hydrazine groups is 1. The van der Waals surface area contributed by atoms with E-state index in [4.69, 9.17) is 5.84 Å². The molecule has 1 unspecified atom stereocenters. The minimum absolute atomic E-state index is 0.313. The number of nitrogens with one attached hydrogen (secondary N) is 1. The molecule has 2 rings (SSSR count). The number of hydrogen-bond acceptors (Lipinski definition) is 4. The lowest BCUT2D eigenvalue weighted by Crippen LogP contribution is -2.30. The van der Waals surface area contributed by atoms with Crippen LogP contribution in [-0.4, -0.2) is 11.0 Å². The van der Waals surface area contributed by atoms with E-state index in [1.54, 1.807) is 11.3 Å². The number of thiophene rings is 1. The third-order valence-electron chi connectivity index (χ3n) is 3.53. The van der Waals surface area contributed by atoms with Crippen molar-refractivity contribution in [2.24, 2.45) is 5.84 Å². The van der Waals surface area contributed by atoms with Crippen LogP contribution in [0.5, 0.6) is 0 Å². The molecule has 0 radical (unpaired) electrons. The van der Waals surface area contributed by atoms with Gasteiger partial charge in [-0.3, -0.25) is 11.3 Å². The van der Waals surface area contributed by atoms with Gasteiger partial charge in [-0.25, -0.2) is 0 Å². The first-order valence-corrected chi connectivity index (χ1v) is 8.36. The molecule has 0 aliphatic heterocycles. The normalized spacial score (nSPS) is 19.4. The highest BCUT2D eigenvalue weighted by Crippen LogP contribution is 2.32. The van der Waals surface area contributed by atoms with Gasteiger partial charge < -0.3 is 0 Å². The number of hydrogen-bond donors (Lipinski definition) is 2. The van der Waals surface area contributed by atoms with Crippen molar-refractivity contribution in [2.75, 3.05) is 5.75 Å². The minimum atomic E-state index is 0.313.